The maximum atomic E-state index is 12.7. The van der Waals surface area contributed by atoms with Crippen molar-refractivity contribution < 1.29 is 4.79 Å². The van der Waals surface area contributed by atoms with Crippen molar-refractivity contribution in [2.24, 2.45) is 7.05 Å². The molecule has 0 saturated carbocycles. The van der Waals surface area contributed by atoms with E-state index in [2.05, 4.69) is 34.3 Å². The smallest absolute Gasteiger partial charge is 0.227 e. The first-order valence-corrected chi connectivity index (χ1v) is 8.09. The highest BCUT2D eigenvalue weighted by molar-refractivity contribution is 5.79. The van der Waals surface area contributed by atoms with Gasteiger partial charge in [0.05, 0.1) is 18.7 Å². The van der Waals surface area contributed by atoms with Crippen LogP contribution in [0.4, 0.5) is 5.69 Å². The maximum absolute atomic E-state index is 12.7. The van der Waals surface area contributed by atoms with Crippen molar-refractivity contribution in [1.82, 2.24) is 14.7 Å². The lowest BCUT2D eigenvalue weighted by Crippen LogP contribution is -2.31. The van der Waals surface area contributed by atoms with Crippen LogP contribution in [0.3, 0.4) is 0 Å². The largest absolute Gasteiger partial charge is 0.378 e. The van der Waals surface area contributed by atoms with Crippen LogP contribution in [0.2, 0.25) is 0 Å². The highest BCUT2D eigenvalue weighted by atomic mass is 16.2. The minimum Gasteiger partial charge on any atom is -0.378 e. The molecule has 3 rings (SSSR count). The number of likely N-dealkylation sites (tertiary alicyclic amines) is 1. The van der Waals surface area contributed by atoms with Crippen molar-refractivity contribution in [1.29, 1.82) is 0 Å². The number of anilines is 1. The van der Waals surface area contributed by atoms with Gasteiger partial charge in [-0.3, -0.25) is 9.48 Å². The summed E-state index contributed by atoms with van der Waals surface area (Å²) in [6.45, 7) is 0.843. The Morgan fingerprint density at radius 2 is 2.22 bits per heavy atom. The van der Waals surface area contributed by atoms with Gasteiger partial charge >= 0.3 is 0 Å². The van der Waals surface area contributed by atoms with Crippen LogP contribution in [0.5, 0.6) is 0 Å². The van der Waals surface area contributed by atoms with E-state index in [1.807, 2.05) is 32.2 Å². The molecule has 0 bridgehead atoms. The molecule has 122 valence electrons. The third kappa shape index (κ3) is 3.38. The number of amides is 1. The summed E-state index contributed by atoms with van der Waals surface area (Å²) in [5.74, 6) is 0.191. The Labute approximate surface area is 137 Å². The summed E-state index contributed by atoms with van der Waals surface area (Å²) >= 11 is 0. The Morgan fingerprint density at radius 3 is 2.91 bits per heavy atom. The Bertz CT molecular complexity index is 692. The summed E-state index contributed by atoms with van der Waals surface area (Å²) in [6, 6.07) is 8.69. The zero-order valence-electron chi connectivity index (χ0n) is 14.1. The minimum absolute atomic E-state index is 0.191. The average Bonchev–Trinajstić information content (AvgIpc) is 3.16. The van der Waals surface area contributed by atoms with Crippen LogP contribution in [0, 0.1) is 0 Å². The van der Waals surface area contributed by atoms with Crippen LogP contribution in [0.1, 0.15) is 30.0 Å². The fourth-order valence-electron chi connectivity index (χ4n) is 3.26. The van der Waals surface area contributed by atoms with Crippen LogP contribution in [0.25, 0.3) is 0 Å². The number of nitrogens with zero attached hydrogens (tertiary/aromatic N) is 4. The standard InChI is InChI=1S/C18H24N4O/c1-20(2)16-7-4-6-15(11-16)17-8-5-9-22(17)18(23)10-14-12-19-21(3)13-14/h4,6-7,11-13,17H,5,8-10H2,1-3H3. The molecule has 2 aromatic rings. The summed E-state index contributed by atoms with van der Waals surface area (Å²) < 4.78 is 1.74. The van der Waals surface area contributed by atoms with Gasteiger partial charge in [-0.15, -0.1) is 0 Å². The zero-order valence-corrected chi connectivity index (χ0v) is 14.1. The van der Waals surface area contributed by atoms with Gasteiger partial charge < -0.3 is 9.80 Å². The summed E-state index contributed by atoms with van der Waals surface area (Å²) in [6.07, 6.45) is 6.22. The number of aromatic nitrogens is 2. The van der Waals surface area contributed by atoms with Crippen molar-refractivity contribution in [2.75, 3.05) is 25.5 Å². The quantitative estimate of drug-likeness (QED) is 0.870. The second-order valence-electron chi connectivity index (χ2n) is 6.43. The van der Waals surface area contributed by atoms with E-state index >= 15 is 0 Å². The van der Waals surface area contributed by atoms with Gasteiger partial charge in [-0.1, -0.05) is 12.1 Å². The first-order valence-electron chi connectivity index (χ1n) is 8.09. The number of aryl methyl sites for hydroxylation is 1. The molecule has 1 unspecified atom stereocenters. The summed E-state index contributed by atoms with van der Waals surface area (Å²) in [7, 11) is 5.96. The van der Waals surface area contributed by atoms with Crippen LogP contribution in [-0.4, -0.2) is 41.2 Å². The van der Waals surface area contributed by atoms with Crippen molar-refractivity contribution in [3.63, 3.8) is 0 Å². The molecule has 1 aliphatic heterocycles. The molecule has 1 saturated heterocycles. The third-order valence-corrected chi connectivity index (χ3v) is 4.46. The first kappa shape index (κ1) is 15.6. The predicted molar refractivity (Wildman–Crippen MR) is 91.4 cm³/mol. The molecule has 0 N–H and O–H groups in total. The van der Waals surface area contributed by atoms with E-state index in [0.29, 0.717) is 6.42 Å². The summed E-state index contributed by atoms with van der Waals surface area (Å²) in [5.41, 5.74) is 3.38. The molecule has 0 aliphatic carbocycles. The molecule has 1 amide bonds. The van der Waals surface area contributed by atoms with Crippen LogP contribution < -0.4 is 4.90 Å². The Morgan fingerprint density at radius 1 is 1.39 bits per heavy atom. The van der Waals surface area contributed by atoms with Crippen molar-refractivity contribution in [3.05, 3.63) is 47.8 Å². The third-order valence-electron chi connectivity index (χ3n) is 4.46. The number of carbonyl (C=O) groups is 1. The van der Waals surface area contributed by atoms with E-state index in [4.69, 9.17) is 0 Å². The molecule has 1 fully saturated rings. The van der Waals surface area contributed by atoms with Gasteiger partial charge in [0.25, 0.3) is 0 Å². The van der Waals surface area contributed by atoms with Crippen LogP contribution in [0.15, 0.2) is 36.7 Å². The minimum atomic E-state index is 0.191. The molecule has 23 heavy (non-hydrogen) atoms. The molecule has 2 heterocycles. The van der Waals surface area contributed by atoms with Gasteiger partial charge in [0, 0.05) is 39.6 Å². The molecular formula is C18H24N4O. The monoisotopic (exact) mass is 312 g/mol. The topological polar surface area (TPSA) is 41.4 Å². The van der Waals surface area contributed by atoms with Crippen LogP contribution >= 0.6 is 0 Å². The molecular weight excluding hydrogens is 288 g/mol. The molecule has 1 atom stereocenters. The lowest BCUT2D eigenvalue weighted by molar-refractivity contribution is -0.131. The van der Waals surface area contributed by atoms with E-state index in [0.717, 1.165) is 24.9 Å². The molecule has 0 spiro atoms. The normalized spacial score (nSPS) is 17.5. The summed E-state index contributed by atoms with van der Waals surface area (Å²) in [5, 5.41) is 4.14. The van der Waals surface area contributed by atoms with Crippen molar-refractivity contribution >= 4 is 11.6 Å². The Balaban J connectivity index is 1.77. The number of benzene rings is 1. The van der Waals surface area contributed by atoms with E-state index in [1.165, 1.54) is 11.3 Å². The molecule has 5 heteroatoms. The lowest BCUT2D eigenvalue weighted by Gasteiger charge is -2.26. The van der Waals surface area contributed by atoms with Crippen molar-refractivity contribution in [3.8, 4) is 0 Å². The number of hydrogen-bond donors (Lipinski definition) is 0. The van der Waals surface area contributed by atoms with Gasteiger partial charge in [-0.05, 0) is 36.1 Å². The van der Waals surface area contributed by atoms with Gasteiger partial charge in [0.15, 0.2) is 0 Å². The first-order chi connectivity index (χ1) is 11.0. The zero-order chi connectivity index (χ0) is 16.4. The van der Waals surface area contributed by atoms with Gasteiger partial charge in [-0.2, -0.15) is 5.10 Å². The maximum Gasteiger partial charge on any atom is 0.227 e. The lowest BCUT2D eigenvalue weighted by atomic mass is 10.0. The fourth-order valence-corrected chi connectivity index (χ4v) is 3.26. The second kappa shape index (κ2) is 6.44. The van der Waals surface area contributed by atoms with Gasteiger partial charge in [0.1, 0.15) is 0 Å². The predicted octanol–water partition coefficient (Wildman–Crippen LogP) is 2.39. The SMILES string of the molecule is CN(C)c1cccc(C2CCCN2C(=O)Cc2cnn(C)c2)c1. The fraction of sp³-hybridized carbons (Fsp3) is 0.444. The highest BCUT2D eigenvalue weighted by Gasteiger charge is 2.30. The van der Waals surface area contributed by atoms with Gasteiger partial charge in [0.2, 0.25) is 5.91 Å². The van der Waals surface area contributed by atoms with E-state index in [1.54, 1.807) is 10.9 Å². The highest BCUT2D eigenvalue weighted by Crippen LogP contribution is 2.33. The molecule has 0 radical (unpaired) electrons. The Kier molecular flexibility index (Phi) is 4.37. The number of rotatable bonds is 4. The van der Waals surface area contributed by atoms with Crippen molar-refractivity contribution in [2.45, 2.75) is 25.3 Å². The Hall–Kier alpha value is -2.30. The van der Waals surface area contributed by atoms with E-state index in [9.17, 15) is 4.79 Å². The van der Waals surface area contributed by atoms with Crippen LogP contribution in [-0.2, 0) is 18.3 Å². The number of carbonyl (C=O) groups excluding carboxylic acids is 1. The van der Waals surface area contributed by atoms with E-state index in [-0.39, 0.29) is 11.9 Å². The molecule has 1 aliphatic rings. The molecule has 5 nitrogen and oxygen atoms in total. The second-order valence-corrected chi connectivity index (χ2v) is 6.43. The average molecular weight is 312 g/mol. The molecule has 1 aromatic carbocycles. The number of hydrogen-bond acceptors (Lipinski definition) is 3. The molecule has 1 aromatic heterocycles. The van der Waals surface area contributed by atoms with E-state index < -0.39 is 0 Å². The van der Waals surface area contributed by atoms with Gasteiger partial charge in [-0.25, -0.2) is 0 Å². The summed E-state index contributed by atoms with van der Waals surface area (Å²) in [4.78, 5) is 16.8.